The molecule has 0 fully saturated rings. The van der Waals surface area contributed by atoms with Crippen molar-refractivity contribution >= 4 is 16.8 Å². The third-order valence-electron chi connectivity index (χ3n) is 0.782. The highest BCUT2D eigenvalue weighted by atomic mass is 32.2. The summed E-state index contributed by atoms with van der Waals surface area (Å²) in [5, 5.41) is 0. The molecule has 0 aliphatic rings. The predicted molar refractivity (Wildman–Crippen MR) is 40.1 cm³/mol. The first-order chi connectivity index (χ1) is 4.66. The lowest BCUT2D eigenvalue weighted by Crippen LogP contribution is -2.08. The fourth-order valence-corrected chi connectivity index (χ4v) is 0.637. The number of rotatable bonds is 4. The highest BCUT2D eigenvalue weighted by molar-refractivity contribution is 7.84. The lowest BCUT2D eigenvalue weighted by Gasteiger charge is -1.97. The molecule has 4 heteroatoms. The number of carbonyl (C=O) groups is 1. The van der Waals surface area contributed by atoms with E-state index in [-0.39, 0.29) is 6.61 Å². The van der Waals surface area contributed by atoms with Gasteiger partial charge in [-0.3, -0.25) is 4.21 Å². The monoisotopic (exact) mass is 162 g/mol. The van der Waals surface area contributed by atoms with Gasteiger partial charge < -0.3 is 4.74 Å². The number of ether oxygens (including phenoxy) is 1. The van der Waals surface area contributed by atoms with Crippen LogP contribution >= 0.6 is 0 Å². The summed E-state index contributed by atoms with van der Waals surface area (Å²) >= 11 is 0. The van der Waals surface area contributed by atoms with E-state index in [1.165, 1.54) is 0 Å². The molecule has 0 amide bonds. The van der Waals surface area contributed by atoms with Crippen LogP contribution in [0.2, 0.25) is 0 Å². The summed E-state index contributed by atoms with van der Waals surface area (Å²) in [6, 6.07) is 0. The van der Waals surface area contributed by atoms with Crippen molar-refractivity contribution in [3.63, 3.8) is 0 Å². The summed E-state index contributed by atoms with van der Waals surface area (Å²) in [5.41, 5.74) is 0. The van der Waals surface area contributed by atoms with Gasteiger partial charge in [0.2, 0.25) is 0 Å². The maximum Gasteiger partial charge on any atom is 0.330 e. The molecular formula is C6H10O3S. The first-order valence-corrected chi connectivity index (χ1v) is 4.48. The maximum absolute atomic E-state index is 10.4. The van der Waals surface area contributed by atoms with Gasteiger partial charge in [-0.05, 0) is 0 Å². The quantitative estimate of drug-likeness (QED) is 0.435. The van der Waals surface area contributed by atoms with Crippen molar-refractivity contribution in [2.45, 2.75) is 0 Å². The van der Waals surface area contributed by atoms with Gasteiger partial charge in [-0.25, -0.2) is 4.79 Å². The molecule has 0 saturated heterocycles. The van der Waals surface area contributed by atoms with Crippen molar-refractivity contribution < 1.29 is 13.7 Å². The summed E-state index contributed by atoms with van der Waals surface area (Å²) in [6.07, 6.45) is 2.64. The topological polar surface area (TPSA) is 43.4 Å². The fourth-order valence-electron chi connectivity index (χ4n) is 0.319. The zero-order valence-corrected chi connectivity index (χ0v) is 6.65. The van der Waals surface area contributed by atoms with Gasteiger partial charge in [0.15, 0.2) is 0 Å². The van der Waals surface area contributed by atoms with Crippen molar-refractivity contribution in [2.24, 2.45) is 0 Å². The Balaban J connectivity index is 3.28. The molecule has 0 aromatic heterocycles. The highest BCUT2D eigenvalue weighted by Crippen LogP contribution is 1.80. The Morgan fingerprint density at radius 1 is 1.80 bits per heavy atom. The van der Waals surface area contributed by atoms with E-state index in [4.69, 9.17) is 0 Å². The highest BCUT2D eigenvalue weighted by Gasteiger charge is 1.95. The number of hydrogen-bond acceptors (Lipinski definition) is 3. The molecule has 0 aromatic rings. The Labute approximate surface area is 62.5 Å². The third kappa shape index (κ3) is 5.50. The Hall–Kier alpha value is -0.640. The van der Waals surface area contributed by atoms with Gasteiger partial charge in [0.25, 0.3) is 0 Å². The molecule has 0 aliphatic carbocycles. The van der Waals surface area contributed by atoms with Crippen LogP contribution < -0.4 is 0 Å². The Bertz CT molecular complexity index is 153. The van der Waals surface area contributed by atoms with Gasteiger partial charge in [-0.2, -0.15) is 0 Å². The second-order valence-electron chi connectivity index (χ2n) is 1.65. The van der Waals surface area contributed by atoms with Crippen molar-refractivity contribution in [1.82, 2.24) is 0 Å². The molecule has 0 aliphatic heterocycles. The van der Waals surface area contributed by atoms with Crippen LogP contribution in [0.15, 0.2) is 12.7 Å². The van der Waals surface area contributed by atoms with Gasteiger partial charge in [-0.1, -0.05) is 6.58 Å². The van der Waals surface area contributed by atoms with E-state index in [1.807, 2.05) is 0 Å². The molecule has 0 spiro atoms. The van der Waals surface area contributed by atoms with Gasteiger partial charge in [0.1, 0.15) is 6.61 Å². The molecule has 3 nitrogen and oxygen atoms in total. The molecule has 0 saturated carbocycles. The van der Waals surface area contributed by atoms with E-state index in [1.54, 1.807) is 6.26 Å². The van der Waals surface area contributed by atoms with Crippen LogP contribution in [-0.2, 0) is 20.3 Å². The number of hydrogen-bond donors (Lipinski definition) is 0. The molecule has 0 N–H and O–H groups in total. The molecule has 0 bridgehead atoms. The number of carbonyl (C=O) groups excluding carboxylic acids is 1. The lowest BCUT2D eigenvalue weighted by molar-refractivity contribution is -0.137. The van der Waals surface area contributed by atoms with E-state index < -0.39 is 16.8 Å². The molecule has 10 heavy (non-hydrogen) atoms. The van der Waals surface area contributed by atoms with Crippen LogP contribution in [0.3, 0.4) is 0 Å². The Morgan fingerprint density at radius 2 is 2.40 bits per heavy atom. The maximum atomic E-state index is 10.4. The first-order valence-electron chi connectivity index (χ1n) is 2.76. The predicted octanol–water partition coefficient (Wildman–Crippen LogP) is 0.0941. The van der Waals surface area contributed by atoms with Gasteiger partial charge in [0, 0.05) is 23.1 Å². The molecule has 0 heterocycles. The normalized spacial score (nSPS) is 12.1. The molecular weight excluding hydrogens is 152 g/mol. The SMILES string of the molecule is C=CC(=O)OCCS(C)=O. The summed E-state index contributed by atoms with van der Waals surface area (Å²) in [7, 11) is -0.895. The van der Waals surface area contributed by atoms with E-state index in [0.717, 1.165) is 6.08 Å². The molecule has 1 atom stereocenters. The van der Waals surface area contributed by atoms with Crippen LogP contribution in [0.25, 0.3) is 0 Å². The molecule has 0 radical (unpaired) electrons. The van der Waals surface area contributed by atoms with Crippen molar-refractivity contribution in [1.29, 1.82) is 0 Å². The van der Waals surface area contributed by atoms with Crippen LogP contribution in [0, 0.1) is 0 Å². The second-order valence-corrected chi connectivity index (χ2v) is 3.20. The Kier molecular flexibility index (Phi) is 4.84. The second kappa shape index (κ2) is 5.17. The minimum atomic E-state index is -0.895. The third-order valence-corrected chi connectivity index (χ3v) is 1.52. The summed E-state index contributed by atoms with van der Waals surface area (Å²) in [6.45, 7) is 3.41. The standard InChI is InChI=1S/C6H10O3S/c1-3-6(7)9-4-5-10(2)8/h3H,1,4-5H2,2H3. The average molecular weight is 162 g/mol. The summed E-state index contributed by atoms with van der Waals surface area (Å²) in [5.74, 6) is -0.0787. The minimum Gasteiger partial charge on any atom is -0.462 e. The van der Waals surface area contributed by atoms with Crippen LogP contribution in [-0.4, -0.2) is 28.8 Å². The van der Waals surface area contributed by atoms with Crippen LogP contribution in [0.1, 0.15) is 0 Å². The van der Waals surface area contributed by atoms with Crippen molar-refractivity contribution in [2.75, 3.05) is 18.6 Å². The zero-order chi connectivity index (χ0) is 7.98. The van der Waals surface area contributed by atoms with E-state index in [2.05, 4.69) is 11.3 Å². The molecule has 1 unspecified atom stereocenters. The minimum absolute atomic E-state index is 0.202. The fraction of sp³-hybridized carbons (Fsp3) is 0.500. The molecule has 0 aromatic carbocycles. The summed E-state index contributed by atoms with van der Waals surface area (Å²) in [4.78, 5) is 10.4. The van der Waals surface area contributed by atoms with Crippen LogP contribution in [0.4, 0.5) is 0 Å². The molecule has 0 rings (SSSR count). The molecule has 58 valence electrons. The van der Waals surface area contributed by atoms with Crippen molar-refractivity contribution in [3.05, 3.63) is 12.7 Å². The van der Waals surface area contributed by atoms with E-state index in [9.17, 15) is 9.00 Å². The van der Waals surface area contributed by atoms with Crippen LogP contribution in [0.5, 0.6) is 0 Å². The van der Waals surface area contributed by atoms with Crippen molar-refractivity contribution in [3.8, 4) is 0 Å². The first kappa shape index (κ1) is 9.36. The largest absolute Gasteiger partial charge is 0.462 e. The van der Waals surface area contributed by atoms with E-state index >= 15 is 0 Å². The zero-order valence-electron chi connectivity index (χ0n) is 5.83. The van der Waals surface area contributed by atoms with Gasteiger partial charge in [-0.15, -0.1) is 0 Å². The smallest absolute Gasteiger partial charge is 0.330 e. The number of esters is 1. The van der Waals surface area contributed by atoms with Gasteiger partial charge in [0.05, 0.1) is 5.75 Å². The summed E-state index contributed by atoms with van der Waals surface area (Å²) < 4.78 is 15.0. The van der Waals surface area contributed by atoms with Gasteiger partial charge >= 0.3 is 5.97 Å². The lowest BCUT2D eigenvalue weighted by atomic mass is 10.6. The Morgan fingerprint density at radius 3 is 2.80 bits per heavy atom. The average Bonchev–Trinajstić information content (AvgIpc) is 1.87. The van der Waals surface area contributed by atoms with E-state index in [0.29, 0.717) is 5.75 Å².